The standard InChI is InChI=1S/C23H45NO3/c1-4-7-8-9-10-11-12-13-14-15-16-17-18-19-21(20-22(25)26)23(27)24(5-2)6-3/h21H,4-20H2,1-3H3,(H,25,26). The highest BCUT2D eigenvalue weighted by atomic mass is 16.4. The highest BCUT2D eigenvalue weighted by Crippen LogP contribution is 2.19. The zero-order chi connectivity index (χ0) is 20.3. The Labute approximate surface area is 168 Å². The first-order chi connectivity index (χ1) is 13.1. The van der Waals surface area contributed by atoms with Crippen molar-refractivity contribution in [3.63, 3.8) is 0 Å². The van der Waals surface area contributed by atoms with Crippen LogP contribution in [0.1, 0.15) is 117 Å². The lowest BCUT2D eigenvalue weighted by atomic mass is 9.95. The van der Waals surface area contributed by atoms with E-state index in [0.717, 1.165) is 12.8 Å². The predicted octanol–water partition coefficient (Wildman–Crippen LogP) is 6.43. The van der Waals surface area contributed by atoms with Crippen LogP contribution in [0.3, 0.4) is 0 Å². The normalized spacial score (nSPS) is 12.1. The second-order valence-electron chi connectivity index (χ2n) is 7.84. The topological polar surface area (TPSA) is 57.6 Å². The van der Waals surface area contributed by atoms with Gasteiger partial charge in [-0.25, -0.2) is 0 Å². The summed E-state index contributed by atoms with van der Waals surface area (Å²) in [5.41, 5.74) is 0. The Balaban J connectivity index is 3.74. The molecule has 0 heterocycles. The third kappa shape index (κ3) is 14.6. The first kappa shape index (κ1) is 25.9. The van der Waals surface area contributed by atoms with Crippen LogP contribution in [0, 0.1) is 5.92 Å². The van der Waals surface area contributed by atoms with E-state index in [2.05, 4.69) is 6.92 Å². The molecule has 1 amide bonds. The zero-order valence-corrected chi connectivity index (χ0v) is 18.3. The molecule has 0 aliphatic heterocycles. The van der Waals surface area contributed by atoms with Crippen molar-refractivity contribution in [3.8, 4) is 0 Å². The van der Waals surface area contributed by atoms with Gasteiger partial charge in [-0.05, 0) is 20.3 Å². The van der Waals surface area contributed by atoms with Crippen molar-refractivity contribution in [2.24, 2.45) is 5.92 Å². The van der Waals surface area contributed by atoms with Crippen LogP contribution in [0.5, 0.6) is 0 Å². The number of carbonyl (C=O) groups is 2. The highest BCUT2D eigenvalue weighted by Gasteiger charge is 2.24. The van der Waals surface area contributed by atoms with Crippen LogP contribution in [0.2, 0.25) is 0 Å². The van der Waals surface area contributed by atoms with Crippen LogP contribution in [0.4, 0.5) is 0 Å². The third-order valence-electron chi connectivity index (χ3n) is 5.50. The van der Waals surface area contributed by atoms with Crippen molar-refractivity contribution in [3.05, 3.63) is 0 Å². The molecule has 0 aliphatic carbocycles. The van der Waals surface area contributed by atoms with Gasteiger partial charge in [-0.3, -0.25) is 9.59 Å². The van der Waals surface area contributed by atoms with Gasteiger partial charge in [0.1, 0.15) is 0 Å². The van der Waals surface area contributed by atoms with E-state index >= 15 is 0 Å². The molecule has 0 rings (SSSR count). The molecule has 0 radical (unpaired) electrons. The maximum atomic E-state index is 12.5. The van der Waals surface area contributed by atoms with Gasteiger partial charge in [0.2, 0.25) is 5.91 Å². The van der Waals surface area contributed by atoms with Crippen molar-refractivity contribution in [1.29, 1.82) is 0 Å². The average Bonchev–Trinajstić information content (AvgIpc) is 2.65. The summed E-state index contributed by atoms with van der Waals surface area (Å²) >= 11 is 0. The summed E-state index contributed by atoms with van der Waals surface area (Å²) in [6, 6.07) is 0. The number of nitrogens with zero attached hydrogens (tertiary/aromatic N) is 1. The fraction of sp³-hybridized carbons (Fsp3) is 0.913. The number of carboxylic acids is 1. The summed E-state index contributed by atoms with van der Waals surface area (Å²) in [4.78, 5) is 25.3. The minimum absolute atomic E-state index is 0.0151. The number of hydrogen-bond donors (Lipinski definition) is 1. The molecule has 0 aliphatic rings. The summed E-state index contributed by atoms with van der Waals surface area (Å²) in [7, 11) is 0. The third-order valence-corrected chi connectivity index (χ3v) is 5.50. The molecule has 1 unspecified atom stereocenters. The molecule has 1 atom stereocenters. The molecule has 0 spiro atoms. The first-order valence-corrected chi connectivity index (χ1v) is 11.6. The van der Waals surface area contributed by atoms with Gasteiger partial charge in [-0.1, -0.05) is 90.4 Å². The molecule has 160 valence electrons. The summed E-state index contributed by atoms with van der Waals surface area (Å²) in [6.07, 6.45) is 17.5. The molecule has 0 saturated heterocycles. The van der Waals surface area contributed by atoms with E-state index in [0.29, 0.717) is 19.5 Å². The van der Waals surface area contributed by atoms with Crippen LogP contribution in [0.25, 0.3) is 0 Å². The minimum atomic E-state index is -0.866. The molecule has 0 bridgehead atoms. The fourth-order valence-corrected chi connectivity index (χ4v) is 3.73. The maximum absolute atomic E-state index is 12.5. The molecule has 4 nitrogen and oxygen atoms in total. The van der Waals surface area contributed by atoms with Gasteiger partial charge in [-0.2, -0.15) is 0 Å². The lowest BCUT2D eigenvalue weighted by molar-refractivity contribution is -0.144. The molecule has 0 fully saturated rings. The van der Waals surface area contributed by atoms with E-state index in [1.54, 1.807) is 4.90 Å². The number of hydrogen-bond acceptors (Lipinski definition) is 2. The summed E-state index contributed by atoms with van der Waals surface area (Å²) in [6.45, 7) is 7.47. The molecule has 0 aromatic carbocycles. The first-order valence-electron chi connectivity index (χ1n) is 11.6. The minimum Gasteiger partial charge on any atom is -0.481 e. The van der Waals surface area contributed by atoms with Crippen molar-refractivity contribution in [2.45, 2.75) is 117 Å². The van der Waals surface area contributed by atoms with E-state index in [-0.39, 0.29) is 18.2 Å². The number of amides is 1. The van der Waals surface area contributed by atoms with Gasteiger partial charge < -0.3 is 10.0 Å². The average molecular weight is 384 g/mol. The fourth-order valence-electron chi connectivity index (χ4n) is 3.73. The maximum Gasteiger partial charge on any atom is 0.304 e. The summed E-state index contributed by atoms with van der Waals surface area (Å²) in [5, 5.41) is 9.09. The van der Waals surface area contributed by atoms with Crippen molar-refractivity contribution in [1.82, 2.24) is 4.90 Å². The molecule has 0 saturated carbocycles. The zero-order valence-electron chi connectivity index (χ0n) is 18.3. The Morgan fingerprint density at radius 1 is 0.704 bits per heavy atom. The number of unbranched alkanes of at least 4 members (excludes halogenated alkanes) is 12. The van der Waals surface area contributed by atoms with Crippen LogP contribution in [-0.4, -0.2) is 35.0 Å². The Kier molecular flexibility index (Phi) is 17.6. The molecular weight excluding hydrogens is 338 g/mol. The smallest absolute Gasteiger partial charge is 0.304 e. The lowest BCUT2D eigenvalue weighted by Crippen LogP contribution is -2.36. The predicted molar refractivity (Wildman–Crippen MR) is 114 cm³/mol. The van der Waals surface area contributed by atoms with Gasteiger partial charge in [0.15, 0.2) is 0 Å². The van der Waals surface area contributed by atoms with Crippen molar-refractivity contribution >= 4 is 11.9 Å². The Morgan fingerprint density at radius 2 is 1.11 bits per heavy atom. The van der Waals surface area contributed by atoms with E-state index in [1.165, 1.54) is 70.6 Å². The second-order valence-corrected chi connectivity index (χ2v) is 7.84. The Bertz CT molecular complexity index is 367. The van der Waals surface area contributed by atoms with Gasteiger partial charge in [0, 0.05) is 19.0 Å². The lowest BCUT2D eigenvalue weighted by Gasteiger charge is -2.24. The molecule has 0 aromatic rings. The van der Waals surface area contributed by atoms with E-state index in [1.807, 2.05) is 13.8 Å². The van der Waals surface area contributed by atoms with Gasteiger partial charge in [0.05, 0.1) is 6.42 Å². The van der Waals surface area contributed by atoms with E-state index < -0.39 is 5.97 Å². The van der Waals surface area contributed by atoms with Crippen molar-refractivity contribution in [2.75, 3.05) is 13.1 Å². The van der Waals surface area contributed by atoms with Crippen LogP contribution < -0.4 is 0 Å². The van der Waals surface area contributed by atoms with Crippen LogP contribution in [0.15, 0.2) is 0 Å². The monoisotopic (exact) mass is 383 g/mol. The number of rotatable bonds is 19. The molecule has 1 N–H and O–H groups in total. The van der Waals surface area contributed by atoms with Gasteiger partial charge >= 0.3 is 5.97 Å². The van der Waals surface area contributed by atoms with Crippen molar-refractivity contribution < 1.29 is 14.7 Å². The number of aliphatic carboxylic acids is 1. The van der Waals surface area contributed by atoms with Crippen LogP contribution >= 0.6 is 0 Å². The molecule has 27 heavy (non-hydrogen) atoms. The van der Waals surface area contributed by atoms with Gasteiger partial charge in [-0.15, -0.1) is 0 Å². The number of carboxylic acid groups (broad SMARTS) is 1. The highest BCUT2D eigenvalue weighted by molar-refractivity contribution is 5.83. The Morgan fingerprint density at radius 3 is 1.48 bits per heavy atom. The van der Waals surface area contributed by atoms with Crippen LogP contribution in [-0.2, 0) is 9.59 Å². The molecule has 0 aromatic heterocycles. The van der Waals surface area contributed by atoms with Gasteiger partial charge in [0.25, 0.3) is 0 Å². The molecular formula is C23H45NO3. The summed E-state index contributed by atoms with van der Waals surface area (Å²) < 4.78 is 0. The number of carbonyl (C=O) groups excluding carboxylic acids is 1. The van der Waals surface area contributed by atoms with E-state index in [9.17, 15) is 9.59 Å². The van der Waals surface area contributed by atoms with E-state index in [4.69, 9.17) is 5.11 Å². The second kappa shape index (κ2) is 18.3. The summed E-state index contributed by atoms with van der Waals surface area (Å²) in [5.74, 6) is -1.20. The largest absolute Gasteiger partial charge is 0.481 e. The molecule has 4 heteroatoms. The Hall–Kier alpha value is -1.06. The quantitative estimate of drug-likeness (QED) is 0.262. The SMILES string of the molecule is CCCCCCCCCCCCCCCC(CC(=O)O)C(=O)N(CC)CC.